The molecule has 0 N–H and O–H groups in total. The van der Waals surface area contributed by atoms with Crippen LogP contribution in [0.3, 0.4) is 0 Å². The zero-order valence-electron chi connectivity index (χ0n) is 9.06. The van der Waals surface area contributed by atoms with Crippen LogP contribution in [0.25, 0.3) is 0 Å². The van der Waals surface area contributed by atoms with Crippen molar-refractivity contribution in [2.45, 2.75) is 13.3 Å². The Morgan fingerprint density at radius 3 is 2.88 bits per heavy atom. The molecule has 0 amide bonds. The van der Waals surface area contributed by atoms with E-state index in [-0.39, 0.29) is 11.7 Å². The van der Waals surface area contributed by atoms with Crippen LogP contribution in [0.1, 0.15) is 11.8 Å². The van der Waals surface area contributed by atoms with Gasteiger partial charge in [-0.3, -0.25) is 0 Å². The third kappa shape index (κ3) is 6.48. The summed E-state index contributed by atoms with van der Waals surface area (Å²) in [6.07, 6.45) is 0.873. The van der Waals surface area contributed by atoms with Crippen LogP contribution in [0.4, 0.5) is 0 Å². The summed E-state index contributed by atoms with van der Waals surface area (Å²) in [6, 6.07) is 4.06. The van der Waals surface area contributed by atoms with Gasteiger partial charge in [0, 0.05) is 22.0 Å². The second-order valence-corrected chi connectivity index (χ2v) is 7.57. The van der Waals surface area contributed by atoms with Gasteiger partial charge in [0.1, 0.15) is 0 Å². The van der Waals surface area contributed by atoms with E-state index in [2.05, 4.69) is 6.07 Å². The minimum atomic E-state index is -3.41. The Hall–Kier alpha value is -0.100. The minimum absolute atomic E-state index is 0.0342. The van der Waals surface area contributed by atoms with Gasteiger partial charge in [-0.15, -0.1) is 11.3 Å². The van der Waals surface area contributed by atoms with Crippen LogP contribution in [-0.2, 0) is 20.2 Å². The van der Waals surface area contributed by atoms with Gasteiger partial charge < -0.3 is 4.74 Å². The van der Waals surface area contributed by atoms with E-state index < -0.39 is 9.05 Å². The van der Waals surface area contributed by atoms with Crippen molar-refractivity contribution >= 4 is 31.1 Å². The first-order chi connectivity index (χ1) is 7.47. The standard InChI is InChI=1S/C10H15ClO3S2/c1-9(8-16(11,12)13)7-14-5-4-10-3-2-6-15-10/h2-3,6,9H,4-5,7-8H2,1H3. The summed E-state index contributed by atoms with van der Waals surface area (Å²) >= 11 is 1.69. The third-order valence-electron chi connectivity index (χ3n) is 1.96. The normalized spacial score (nSPS) is 13.9. The molecule has 1 aromatic heterocycles. The molecule has 3 nitrogen and oxygen atoms in total. The van der Waals surface area contributed by atoms with E-state index in [0.29, 0.717) is 13.2 Å². The van der Waals surface area contributed by atoms with Gasteiger partial charge in [0.25, 0.3) is 0 Å². The van der Waals surface area contributed by atoms with Crippen LogP contribution in [0.5, 0.6) is 0 Å². The van der Waals surface area contributed by atoms with Crippen LogP contribution < -0.4 is 0 Å². The molecule has 0 spiro atoms. The van der Waals surface area contributed by atoms with Crippen molar-refractivity contribution in [1.82, 2.24) is 0 Å². The summed E-state index contributed by atoms with van der Waals surface area (Å²) in [4.78, 5) is 1.28. The van der Waals surface area contributed by atoms with E-state index in [1.165, 1.54) is 4.88 Å². The molecule has 1 heterocycles. The molecular weight excluding hydrogens is 268 g/mol. The highest BCUT2D eigenvalue weighted by molar-refractivity contribution is 8.13. The second-order valence-electron chi connectivity index (χ2n) is 3.71. The molecule has 0 saturated heterocycles. The lowest BCUT2D eigenvalue weighted by Gasteiger charge is -2.09. The first kappa shape index (κ1) is 14.0. The minimum Gasteiger partial charge on any atom is -0.381 e. The van der Waals surface area contributed by atoms with Crippen molar-refractivity contribution in [3.8, 4) is 0 Å². The number of halogens is 1. The Morgan fingerprint density at radius 1 is 1.56 bits per heavy atom. The summed E-state index contributed by atoms with van der Waals surface area (Å²) in [6.45, 7) is 2.86. The zero-order valence-corrected chi connectivity index (χ0v) is 11.4. The highest BCUT2D eigenvalue weighted by Crippen LogP contribution is 2.10. The summed E-state index contributed by atoms with van der Waals surface area (Å²) in [5, 5.41) is 2.03. The molecule has 0 aliphatic carbocycles. The maximum Gasteiger partial charge on any atom is 0.232 e. The predicted molar refractivity (Wildman–Crippen MR) is 67.6 cm³/mol. The molecule has 0 fully saturated rings. The van der Waals surface area contributed by atoms with Crippen LogP contribution in [0.15, 0.2) is 17.5 Å². The molecule has 16 heavy (non-hydrogen) atoms. The smallest absolute Gasteiger partial charge is 0.232 e. The van der Waals surface area contributed by atoms with E-state index >= 15 is 0 Å². The topological polar surface area (TPSA) is 43.4 Å². The fourth-order valence-electron chi connectivity index (χ4n) is 1.30. The second kappa shape index (κ2) is 6.59. The fraction of sp³-hybridized carbons (Fsp3) is 0.600. The highest BCUT2D eigenvalue weighted by atomic mass is 35.7. The molecule has 0 aliphatic heterocycles. The molecular formula is C10H15ClO3S2. The Bertz CT molecular complexity index is 386. The van der Waals surface area contributed by atoms with Crippen molar-refractivity contribution < 1.29 is 13.2 Å². The fourth-order valence-corrected chi connectivity index (χ4v) is 3.41. The number of rotatable bonds is 7. The van der Waals surface area contributed by atoms with Gasteiger partial charge in [-0.05, 0) is 17.4 Å². The van der Waals surface area contributed by atoms with Crippen LogP contribution in [-0.4, -0.2) is 27.4 Å². The molecule has 1 rings (SSSR count). The van der Waals surface area contributed by atoms with Gasteiger partial charge >= 0.3 is 0 Å². The van der Waals surface area contributed by atoms with Crippen LogP contribution >= 0.6 is 22.0 Å². The first-order valence-corrected chi connectivity index (χ1v) is 8.35. The largest absolute Gasteiger partial charge is 0.381 e. The number of hydrogen-bond acceptors (Lipinski definition) is 4. The van der Waals surface area contributed by atoms with Gasteiger partial charge in [-0.1, -0.05) is 13.0 Å². The lowest BCUT2D eigenvalue weighted by atomic mass is 10.2. The Labute approximate surface area is 105 Å². The first-order valence-electron chi connectivity index (χ1n) is 5.00. The molecule has 1 aromatic rings. The number of ether oxygens (including phenoxy) is 1. The van der Waals surface area contributed by atoms with Crippen molar-refractivity contribution in [2.24, 2.45) is 5.92 Å². The molecule has 6 heteroatoms. The molecule has 1 unspecified atom stereocenters. The van der Waals surface area contributed by atoms with E-state index in [1.807, 2.05) is 18.4 Å². The highest BCUT2D eigenvalue weighted by Gasteiger charge is 2.12. The summed E-state index contributed by atoms with van der Waals surface area (Å²) in [5.74, 6) is -0.0982. The van der Waals surface area contributed by atoms with Crippen molar-refractivity contribution in [3.63, 3.8) is 0 Å². The lowest BCUT2D eigenvalue weighted by molar-refractivity contribution is 0.114. The van der Waals surface area contributed by atoms with Crippen LogP contribution in [0, 0.1) is 5.92 Å². The number of thiophene rings is 1. The monoisotopic (exact) mass is 282 g/mol. The average Bonchev–Trinajstić information content (AvgIpc) is 2.62. The van der Waals surface area contributed by atoms with E-state index in [4.69, 9.17) is 15.4 Å². The Balaban J connectivity index is 2.11. The molecule has 1 atom stereocenters. The quantitative estimate of drug-likeness (QED) is 0.570. The van der Waals surface area contributed by atoms with Crippen molar-refractivity contribution in [3.05, 3.63) is 22.4 Å². The van der Waals surface area contributed by atoms with E-state index in [1.54, 1.807) is 11.3 Å². The Kier molecular flexibility index (Phi) is 5.75. The molecule has 0 bridgehead atoms. The van der Waals surface area contributed by atoms with Gasteiger partial charge in [-0.25, -0.2) is 8.42 Å². The summed E-state index contributed by atoms with van der Waals surface area (Å²) in [7, 11) is 1.73. The van der Waals surface area contributed by atoms with Gasteiger partial charge in [0.15, 0.2) is 0 Å². The average molecular weight is 283 g/mol. The van der Waals surface area contributed by atoms with Crippen molar-refractivity contribution in [1.29, 1.82) is 0 Å². The lowest BCUT2D eigenvalue weighted by Crippen LogP contribution is -2.15. The van der Waals surface area contributed by atoms with Crippen LogP contribution in [0.2, 0.25) is 0 Å². The van der Waals surface area contributed by atoms with E-state index in [9.17, 15) is 8.42 Å². The zero-order chi connectivity index (χ0) is 12.0. The van der Waals surface area contributed by atoms with Gasteiger partial charge in [0.05, 0.1) is 19.0 Å². The molecule has 92 valence electrons. The number of hydrogen-bond donors (Lipinski definition) is 0. The predicted octanol–water partition coefficient (Wildman–Crippen LogP) is 2.51. The Morgan fingerprint density at radius 2 is 2.31 bits per heavy atom. The van der Waals surface area contributed by atoms with Gasteiger partial charge in [0.2, 0.25) is 9.05 Å². The summed E-state index contributed by atoms with van der Waals surface area (Å²) < 4.78 is 26.9. The molecule has 0 aromatic carbocycles. The third-order valence-corrected chi connectivity index (χ3v) is 4.24. The van der Waals surface area contributed by atoms with E-state index in [0.717, 1.165) is 6.42 Å². The van der Waals surface area contributed by atoms with Gasteiger partial charge in [-0.2, -0.15) is 0 Å². The molecule has 0 aliphatic rings. The maximum absolute atomic E-state index is 10.8. The van der Waals surface area contributed by atoms with Crippen molar-refractivity contribution in [2.75, 3.05) is 19.0 Å². The maximum atomic E-state index is 10.8. The SMILES string of the molecule is CC(COCCc1cccs1)CS(=O)(=O)Cl. The molecule has 0 radical (unpaired) electrons. The summed E-state index contributed by atoms with van der Waals surface area (Å²) in [5.41, 5.74) is 0. The molecule has 0 saturated carbocycles.